The summed E-state index contributed by atoms with van der Waals surface area (Å²) in [6, 6.07) is 34.9. The summed E-state index contributed by atoms with van der Waals surface area (Å²) in [5, 5.41) is 4.55. The molecule has 4 heteroatoms. The average Bonchev–Trinajstić information content (AvgIpc) is 3.33. The molecular weight excluding hydrogens is 430 g/mol. The lowest BCUT2D eigenvalue weighted by Gasteiger charge is -2.24. The quantitative estimate of drug-likeness (QED) is 0.374. The number of allylic oxidation sites excluding steroid dienone is 2. The third kappa shape index (κ3) is 2.61. The maximum atomic E-state index is 15.0. The van der Waals surface area contributed by atoms with Gasteiger partial charge in [0, 0.05) is 31.8 Å². The molecule has 0 radical (unpaired) electrons. The molecule has 2 aliphatic heterocycles. The highest BCUT2D eigenvalue weighted by Crippen LogP contribution is 2.70. The first kappa shape index (κ1) is 19.5. The molecule has 0 bridgehead atoms. The Labute approximate surface area is 187 Å². The van der Waals surface area contributed by atoms with Gasteiger partial charge in [-0.25, -0.2) is 0 Å². The van der Waals surface area contributed by atoms with Crippen LogP contribution in [0.3, 0.4) is 0 Å². The van der Waals surface area contributed by atoms with Gasteiger partial charge < -0.3 is 9.13 Å². The fourth-order valence-corrected chi connectivity index (χ4v) is 11.5. The maximum Gasteiger partial charge on any atom is 0.172 e. The largest absolute Gasteiger partial charge is 0.309 e. The predicted molar refractivity (Wildman–Crippen MR) is 135 cm³/mol. The van der Waals surface area contributed by atoms with Gasteiger partial charge in [-0.3, -0.25) is 0 Å². The second kappa shape index (κ2) is 7.17. The molecule has 2 nitrogen and oxygen atoms in total. The zero-order chi connectivity index (χ0) is 21.8. The van der Waals surface area contributed by atoms with Crippen molar-refractivity contribution in [3.63, 3.8) is 0 Å². The van der Waals surface area contributed by atoms with Crippen LogP contribution in [0.25, 0.3) is 12.2 Å². The molecule has 0 fully saturated rings. The van der Waals surface area contributed by atoms with Crippen molar-refractivity contribution < 1.29 is 9.13 Å². The van der Waals surface area contributed by atoms with E-state index in [1.165, 1.54) is 0 Å². The molecule has 0 aromatic heterocycles. The molecule has 0 unspecified atom stereocenters. The van der Waals surface area contributed by atoms with Crippen LogP contribution in [0, 0.1) is 0 Å². The van der Waals surface area contributed by atoms with E-state index in [0.717, 1.165) is 32.3 Å². The minimum Gasteiger partial charge on any atom is -0.309 e. The van der Waals surface area contributed by atoms with E-state index >= 15 is 0 Å². The molecule has 4 aromatic rings. The summed E-state index contributed by atoms with van der Waals surface area (Å²) in [4.78, 5) is 0. The van der Waals surface area contributed by atoms with E-state index in [-0.39, 0.29) is 0 Å². The van der Waals surface area contributed by atoms with Gasteiger partial charge in [-0.15, -0.1) is 0 Å². The summed E-state index contributed by atoms with van der Waals surface area (Å²) in [6.07, 6.45) is 3.99. The highest BCUT2D eigenvalue weighted by molar-refractivity contribution is 7.88. The fourth-order valence-electron chi connectivity index (χ4n) is 4.83. The van der Waals surface area contributed by atoms with Crippen LogP contribution < -0.4 is 21.2 Å². The van der Waals surface area contributed by atoms with E-state index in [1.54, 1.807) is 0 Å². The van der Waals surface area contributed by atoms with E-state index in [9.17, 15) is 9.13 Å². The van der Waals surface area contributed by atoms with Crippen LogP contribution in [0.5, 0.6) is 0 Å². The van der Waals surface area contributed by atoms with Gasteiger partial charge >= 0.3 is 0 Å². The van der Waals surface area contributed by atoms with Crippen molar-refractivity contribution in [3.8, 4) is 0 Å². The summed E-state index contributed by atoms with van der Waals surface area (Å²) in [7, 11) is -6.36. The van der Waals surface area contributed by atoms with Crippen molar-refractivity contribution >= 4 is 47.7 Å². The van der Waals surface area contributed by atoms with Gasteiger partial charge in [-0.05, 0) is 23.3 Å². The van der Waals surface area contributed by atoms with Crippen molar-refractivity contribution in [2.24, 2.45) is 0 Å². The summed E-state index contributed by atoms with van der Waals surface area (Å²) in [5.41, 5.74) is 1.87. The highest BCUT2D eigenvalue weighted by Gasteiger charge is 2.48. The lowest BCUT2D eigenvalue weighted by atomic mass is 10.2. The molecule has 0 saturated carbocycles. The predicted octanol–water partition coefficient (Wildman–Crippen LogP) is 5.72. The number of hydrogen-bond acceptors (Lipinski definition) is 2. The zero-order valence-corrected chi connectivity index (χ0v) is 19.0. The van der Waals surface area contributed by atoms with Crippen LogP contribution in [-0.2, 0) is 9.13 Å². The lowest BCUT2D eigenvalue weighted by molar-refractivity contribution is 0.588. The summed E-state index contributed by atoms with van der Waals surface area (Å²) >= 11 is 0. The average molecular weight is 450 g/mol. The monoisotopic (exact) mass is 450 g/mol. The molecule has 2 atom stereocenters. The second-order valence-corrected chi connectivity index (χ2v) is 13.5. The number of benzene rings is 4. The molecule has 0 amide bonds. The minimum absolute atomic E-state index is 0.688. The number of fused-ring (bicyclic) bond motifs is 2. The molecule has 0 spiro atoms. The SMILES string of the molecule is O=[P@@]1(c2ccccc2)C(C2=Cc3ccccc3[P@]2(=O)c2ccccc2)=Cc2ccccc21. The molecule has 4 aromatic carbocycles. The van der Waals surface area contributed by atoms with Crippen molar-refractivity contribution in [3.05, 3.63) is 131 Å². The van der Waals surface area contributed by atoms with Gasteiger partial charge in [0.15, 0.2) is 14.3 Å². The molecule has 6 rings (SSSR count). The summed E-state index contributed by atoms with van der Waals surface area (Å²) < 4.78 is 30.0. The van der Waals surface area contributed by atoms with Crippen LogP contribution in [0.4, 0.5) is 0 Å². The summed E-state index contributed by atoms with van der Waals surface area (Å²) in [6.45, 7) is 0. The summed E-state index contributed by atoms with van der Waals surface area (Å²) in [5.74, 6) is 0. The molecule has 2 heterocycles. The second-order valence-electron chi connectivity index (χ2n) is 8.07. The Hall–Kier alpha value is -3.18. The molecule has 0 N–H and O–H groups in total. The van der Waals surface area contributed by atoms with Crippen LogP contribution >= 0.6 is 14.3 Å². The smallest absolute Gasteiger partial charge is 0.172 e. The number of hydrogen-bond donors (Lipinski definition) is 0. The molecule has 32 heavy (non-hydrogen) atoms. The van der Waals surface area contributed by atoms with Crippen molar-refractivity contribution in [2.75, 3.05) is 0 Å². The van der Waals surface area contributed by atoms with E-state index < -0.39 is 14.3 Å². The Balaban J connectivity index is 1.66. The molecule has 154 valence electrons. The van der Waals surface area contributed by atoms with E-state index in [2.05, 4.69) is 0 Å². The van der Waals surface area contributed by atoms with E-state index in [0.29, 0.717) is 10.6 Å². The van der Waals surface area contributed by atoms with Crippen LogP contribution in [-0.4, -0.2) is 0 Å². The topological polar surface area (TPSA) is 34.1 Å². The van der Waals surface area contributed by atoms with Crippen LogP contribution in [0.15, 0.2) is 120 Å². The van der Waals surface area contributed by atoms with Gasteiger partial charge in [0.05, 0.1) is 0 Å². The maximum absolute atomic E-state index is 15.0. The normalized spacial score (nSPS) is 23.2. The van der Waals surface area contributed by atoms with Crippen LogP contribution in [0.2, 0.25) is 0 Å². The lowest BCUT2D eigenvalue weighted by Crippen LogP contribution is -2.19. The van der Waals surface area contributed by atoms with Gasteiger partial charge in [-0.1, -0.05) is 109 Å². The first-order valence-electron chi connectivity index (χ1n) is 10.6. The molecule has 0 saturated heterocycles. The third-order valence-electron chi connectivity index (χ3n) is 6.32. The standard InChI is InChI=1S/C28H20O2P2/c29-31(23-13-3-1-4-14-23)25-17-9-7-11-21(25)19-27(31)28-20-22-12-8-10-18-26(22)32(28,30)24-15-5-2-6-16-24/h1-20H/t31-,32-/m1/s1. The Morgan fingerprint density at radius 1 is 0.406 bits per heavy atom. The van der Waals surface area contributed by atoms with Crippen molar-refractivity contribution in [1.82, 2.24) is 0 Å². The molecule has 0 aliphatic carbocycles. The Kier molecular flexibility index (Phi) is 4.37. The van der Waals surface area contributed by atoms with Gasteiger partial charge in [0.1, 0.15) is 0 Å². The Bertz CT molecular complexity index is 1400. The number of rotatable bonds is 3. The molecule has 2 aliphatic rings. The minimum atomic E-state index is -3.18. The van der Waals surface area contributed by atoms with Crippen molar-refractivity contribution in [1.29, 1.82) is 0 Å². The Morgan fingerprint density at radius 3 is 1.16 bits per heavy atom. The van der Waals surface area contributed by atoms with Gasteiger partial charge in [0.2, 0.25) is 0 Å². The van der Waals surface area contributed by atoms with Gasteiger partial charge in [0.25, 0.3) is 0 Å². The molecular formula is C28H20O2P2. The van der Waals surface area contributed by atoms with Crippen LogP contribution in [0.1, 0.15) is 11.1 Å². The van der Waals surface area contributed by atoms with E-state index in [1.807, 2.05) is 121 Å². The fraction of sp³-hybridized carbons (Fsp3) is 0. The first-order chi connectivity index (χ1) is 15.6. The zero-order valence-electron chi connectivity index (χ0n) is 17.3. The third-order valence-corrected chi connectivity index (χ3v) is 12.8. The highest BCUT2D eigenvalue weighted by atomic mass is 31.2. The van der Waals surface area contributed by atoms with Crippen molar-refractivity contribution in [2.45, 2.75) is 0 Å². The van der Waals surface area contributed by atoms with Gasteiger partial charge in [-0.2, -0.15) is 0 Å². The van der Waals surface area contributed by atoms with E-state index in [4.69, 9.17) is 0 Å². The Morgan fingerprint density at radius 2 is 0.750 bits per heavy atom. The first-order valence-corrected chi connectivity index (χ1v) is 14.0.